The molecule has 2 aromatic rings. The molecule has 2 heterocycles. The summed E-state index contributed by atoms with van der Waals surface area (Å²) >= 11 is 1.67. The maximum atomic E-state index is 12.1. The van der Waals surface area contributed by atoms with E-state index in [1.807, 2.05) is 20.0 Å². The van der Waals surface area contributed by atoms with Gasteiger partial charge in [-0.2, -0.15) is 13.2 Å². The number of hydrogen-bond acceptors (Lipinski definition) is 5. The van der Waals surface area contributed by atoms with Gasteiger partial charge in [0.15, 0.2) is 12.6 Å². The number of ether oxygens (including phenoxy) is 1. The Bertz CT molecular complexity index is 731. The van der Waals surface area contributed by atoms with E-state index in [1.54, 1.807) is 17.4 Å². The number of aromatic nitrogens is 2. The van der Waals surface area contributed by atoms with Crippen molar-refractivity contribution in [2.45, 2.75) is 33.0 Å². The van der Waals surface area contributed by atoms with Crippen molar-refractivity contribution in [3.05, 3.63) is 40.0 Å². The van der Waals surface area contributed by atoms with Crippen LogP contribution in [-0.2, 0) is 13.0 Å². The number of nitrogens with zero attached hydrogens (tertiary/aromatic N) is 3. The van der Waals surface area contributed by atoms with Crippen LogP contribution in [0.15, 0.2) is 29.5 Å². The SMILES string of the molecule is CCNC(=NCc1ccc(OCC(F)(F)F)nc1)NCCc1ncc(C)s1. The van der Waals surface area contributed by atoms with E-state index in [0.29, 0.717) is 25.6 Å². The van der Waals surface area contributed by atoms with Crippen molar-refractivity contribution in [3.63, 3.8) is 0 Å². The Hall–Kier alpha value is -2.36. The second-order valence-electron chi connectivity index (χ2n) is 5.65. The van der Waals surface area contributed by atoms with Crippen molar-refractivity contribution >= 4 is 17.3 Å². The zero-order chi connectivity index (χ0) is 19.7. The average Bonchev–Trinajstić information content (AvgIpc) is 3.03. The number of guanidine groups is 1. The van der Waals surface area contributed by atoms with Crippen molar-refractivity contribution in [1.29, 1.82) is 0 Å². The molecule has 0 saturated carbocycles. The van der Waals surface area contributed by atoms with Gasteiger partial charge in [0, 0.05) is 42.8 Å². The molecular weight excluding hydrogens is 379 g/mol. The Kier molecular flexibility index (Phi) is 7.83. The first kappa shape index (κ1) is 20.9. The number of aryl methyl sites for hydroxylation is 1. The van der Waals surface area contributed by atoms with Crippen LogP contribution in [0.1, 0.15) is 22.4 Å². The quantitative estimate of drug-likeness (QED) is 0.525. The van der Waals surface area contributed by atoms with E-state index in [1.165, 1.54) is 17.1 Å². The number of thiazole rings is 1. The fourth-order valence-corrected chi connectivity index (χ4v) is 2.85. The van der Waals surface area contributed by atoms with E-state index in [-0.39, 0.29) is 5.88 Å². The molecule has 0 fully saturated rings. The second kappa shape index (κ2) is 10.1. The molecule has 0 aliphatic carbocycles. The molecule has 0 amide bonds. The summed E-state index contributed by atoms with van der Waals surface area (Å²) in [7, 11) is 0. The van der Waals surface area contributed by atoms with Gasteiger partial charge in [0.05, 0.1) is 11.6 Å². The van der Waals surface area contributed by atoms with Crippen molar-refractivity contribution in [2.24, 2.45) is 4.99 Å². The highest BCUT2D eigenvalue weighted by atomic mass is 32.1. The lowest BCUT2D eigenvalue weighted by molar-refractivity contribution is -0.154. The predicted molar refractivity (Wildman–Crippen MR) is 99.2 cm³/mol. The summed E-state index contributed by atoms with van der Waals surface area (Å²) in [6.07, 6.45) is -0.268. The summed E-state index contributed by atoms with van der Waals surface area (Å²) in [6.45, 7) is 4.39. The first-order valence-electron chi connectivity index (χ1n) is 8.43. The van der Waals surface area contributed by atoms with Crippen LogP contribution >= 0.6 is 11.3 Å². The predicted octanol–water partition coefficient (Wildman–Crippen LogP) is 3.09. The highest BCUT2D eigenvalue weighted by molar-refractivity contribution is 7.11. The van der Waals surface area contributed by atoms with E-state index in [0.717, 1.165) is 17.0 Å². The van der Waals surface area contributed by atoms with Crippen LogP contribution in [0, 0.1) is 6.92 Å². The van der Waals surface area contributed by atoms with Gasteiger partial charge in [0.2, 0.25) is 5.88 Å². The third kappa shape index (κ3) is 8.25. The molecule has 2 N–H and O–H groups in total. The van der Waals surface area contributed by atoms with E-state index in [2.05, 4.69) is 30.3 Å². The van der Waals surface area contributed by atoms with Gasteiger partial charge >= 0.3 is 6.18 Å². The Morgan fingerprint density at radius 1 is 1.22 bits per heavy atom. The van der Waals surface area contributed by atoms with E-state index in [9.17, 15) is 13.2 Å². The molecule has 0 aromatic carbocycles. The lowest BCUT2D eigenvalue weighted by Gasteiger charge is -2.11. The molecule has 0 bridgehead atoms. The molecule has 0 aliphatic rings. The monoisotopic (exact) mass is 401 g/mol. The van der Waals surface area contributed by atoms with Crippen LogP contribution in [0.5, 0.6) is 5.88 Å². The molecule has 2 aromatic heterocycles. The van der Waals surface area contributed by atoms with Crippen LogP contribution in [0.2, 0.25) is 0 Å². The van der Waals surface area contributed by atoms with E-state index in [4.69, 9.17) is 0 Å². The number of aliphatic imine (C=N–C) groups is 1. The summed E-state index contributed by atoms with van der Waals surface area (Å²) in [5.41, 5.74) is 0.766. The average molecular weight is 401 g/mol. The van der Waals surface area contributed by atoms with Crippen LogP contribution in [-0.4, -0.2) is 41.8 Å². The van der Waals surface area contributed by atoms with E-state index < -0.39 is 12.8 Å². The number of rotatable bonds is 8. The fourth-order valence-electron chi connectivity index (χ4n) is 2.06. The van der Waals surface area contributed by atoms with Gasteiger partial charge in [-0.3, -0.25) is 0 Å². The van der Waals surface area contributed by atoms with Crippen molar-refractivity contribution in [1.82, 2.24) is 20.6 Å². The molecular formula is C17H22F3N5OS. The number of alkyl halides is 3. The summed E-state index contributed by atoms with van der Waals surface area (Å²) in [5, 5.41) is 7.44. The normalized spacial score (nSPS) is 12.1. The molecule has 10 heteroatoms. The molecule has 148 valence electrons. The molecule has 0 aliphatic heterocycles. The molecule has 0 spiro atoms. The van der Waals surface area contributed by atoms with Gasteiger partial charge in [-0.15, -0.1) is 11.3 Å². The Balaban J connectivity index is 1.84. The minimum atomic E-state index is -4.38. The minimum absolute atomic E-state index is 0.0659. The highest BCUT2D eigenvalue weighted by Gasteiger charge is 2.28. The van der Waals surface area contributed by atoms with Crippen LogP contribution < -0.4 is 15.4 Å². The lowest BCUT2D eigenvalue weighted by Crippen LogP contribution is -2.38. The molecule has 0 saturated heterocycles. The van der Waals surface area contributed by atoms with Gasteiger partial charge in [0.25, 0.3) is 0 Å². The number of hydrogen-bond donors (Lipinski definition) is 2. The van der Waals surface area contributed by atoms with E-state index >= 15 is 0 Å². The first-order chi connectivity index (χ1) is 12.9. The molecule has 0 unspecified atom stereocenters. The summed E-state index contributed by atoms with van der Waals surface area (Å²) in [6, 6.07) is 3.05. The van der Waals surface area contributed by atoms with Crippen molar-refractivity contribution in [2.75, 3.05) is 19.7 Å². The second-order valence-corrected chi connectivity index (χ2v) is 6.96. The van der Waals surface area contributed by atoms with Gasteiger partial charge in [-0.1, -0.05) is 6.07 Å². The van der Waals surface area contributed by atoms with Gasteiger partial charge in [-0.05, 0) is 19.4 Å². The Morgan fingerprint density at radius 2 is 2.04 bits per heavy atom. The van der Waals surface area contributed by atoms with Crippen LogP contribution in [0.4, 0.5) is 13.2 Å². The molecule has 0 atom stereocenters. The third-order valence-corrected chi connectivity index (χ3v) is 4.22. The zero-order valence-corrected chi connectivity index (χ0v) is 16.0. The van der Waals surface area contributed by atoms with Crippen molar-refractivity contribution in [3.8, 4) is 5.88 Å². The maximum Gasteiger partial charge on any atom is 0.422 e. The lowest BCUT2D eigenvalue weighted by atomic mass is 10.3. The third-order valence-electron chi connectivity index (χ3n) is 3.25. The first-order valence-corrected chi connectivity index (χ1v) is 9.25. The Morgan fingerprint density at radius 3 is 2.63 bits per heavy atom. The smallest absolute Gasteiger partial charge is 0.422 e. The fraction of sp³-hybridized carbons (Fsp3) is 0.471. The highest BCUT2D eigenvalue weighted by Crippen LogP contribution is 2.17. The molecule has 27 heavy (non-hydrogen) atoms. The van der Waals surface area contributed by atoms with Gasteiger partial charge in [0.1, 0.15) is 0 Å². The van der Waals surface area contributed by atoms with Crippen molar-refractivity contribution < 1.29 is 17.9 Å². The standard InChI is InChI=1S/C17H22F3N5OS/c1-3-21-16(22-7-6-15-24-8-12(2)27-15)25-10-13-4-5-14(23-9-13)26-11-17(18,19)20/h4-5,8-9H,3,6-7,10-11H2,1-2H3,(H2,21,22,25). The van der Waals surface area contributed by atoms with Gasteiger partial charge < -0.3 is 15.4 Å². The summed E-state index contributed by atoms with van der Waals surface area (Å²) in [5.74, 6) is 0.590. The zero-order valence-electron chi connectivity index (χ0n) is 15.1. The summed E-state index contributed by atoms with van der Waals surface area (Å²) in [4.78, 5) is 13.8. The largest absolute Gasteiger partial charge is 0.468 e. The minimum Gasteiger partial charge on any atom is -0.468 e. The Labute approximate surface area is 159 Å². The number of nitrogens with one attached hydrogen (secondary N) is 2. The topological polar surface area (TPSA) is 71.4 Å². The van der Waals surface area contributed by atoms with Crippen LogP contribution in [0.25, 0.3) is 0 Å². The molecule has 2 rings (SSSR count). The summed E-state index contributed by atoms with van der Waals surface area (Å²) < 4.78 is 41.0. The van der Waals surface area contributed by atoms with Gasteiger partial charge in [-0.25, -0.2) is 15.0 Å². The number of pyridine rings is 1. The van der Waals surface area contributed by atoms with Crippen LogP contribution in [0.3, 0.4) is 0 Å². The maximum absolute atomic E-state index is 12.1. The number of halogens is 3. The molecule has 6 nitrogen and oxygen atoms in total. The molecule has 0 radical (unpaired) electrons.